The lowest BCUT2D eigenvalue weighted by molar-refractivity contribution is -0.136. The van der Waals surface area contributed by atoms with E-state index in [2.05, 4.69) is 0 Å². The van der Waals surface area contributed by atoms with Gasteiger partial charge in [-0.15, -0.1) is 11.3 Å². The van der Waals surface area contributed by atoms with Gasteiger partial charge in [-0.25, -0.2) is 8.78 Å². The van der Waals surface area contributed by atoms with Crippen LogP contribution in [0.15, 0.2) is 60.0 Å². The molecule has 0 spiro atoms. The maximum absolute atomic E-state index is 13.7. The Hall–Kier alpha value is -3.26. The zero-order valence-electron chi connectivity index (χ0n) is 19.0. The Morgan fingerprint density at radius 2 is 1.88 bits per heavy atom. The number of ether oxygens (including phenoxy) is 1. The monoisotopic (exact) mass is 484 g/mol. The molecule has 0 saturated carbocycles. The number of hydrogen-bond acceptors (Lipinski definition) is 4. The summed E-state index contributed by atoms with van der Waals surface area (Å²) >= 11 is 1.65. The maximum atomic E-state index is 13.7. The third kappa shape index (κ3) is 5.28. The van der Waals surface area contributed by atoms with Crippen LogP contribution in [0.3, 0.4) is 0 Å². The van der Waals surface area contributed by atoms with Crippen LogP contribution in [0.2, 0.25) is 0 Å². The van der Waals surface area contributed by atoms with Gasteiger partial charge in [0.15, 0.2) is 0 Å². The summed E-state index contributed by atoms with van der Waals surface area (Å²) in [6.45, 7) is 4.24. The first kappa shape index (κ1) is 23.9. The van der Waals surface area contributed by atoms with E-state index in [0.29, 0.717) is 12.3 Å². The van der Waals surface area contributed by atoms with Crippen molar-refractivity contribution in [1.82, 2.24) is 9.80 Å². The van der Waals surface area contributed by atoms with Gasteiger partial charge in [0.2, 0.25) is 5.91 Å². The number of halogens is 2. The Bertz CT molecular complexity index is 1160. The van der Waals surface area contributed by atoms with E-state index in [1.54, 1.807) is 34.4 Å². The molecular formula is C26H26F2N2O3S. The molecule has 1 aliphatic rings. The van der Waals surface area contributed by atoms with Gasteiger partial charge in [-0.1, -0.05) is 6.07 Å². The van der Waals surface area contributed by atoms with Crippen LogP contribution < -0.4 is 4.74 Å². The number of thiophene rings is 1. The van der Waals surface area contributed by atoms with Crippen molar-refractivity contribution < 1.29 is 23.1 Å². The molecule has 0 N–H and O–H groups in total. The average molecular weight is 485 g/mol. The second-order valence-electron chi connectivity index (χ2n) is 8.45. The zero-order chi connectivity index (χ0) is 24.2. The Labute approximate surface area is 201 Å². The Kier molecular flexibility index (Phi) is 7.26. The molecule has 0 bridgehead atoms. The van der Waals surface area contributed by atoms with Gasteiger partial charge in [0.25, 0.3) is 5.91 Å². The van der Waals surface area contributed by atoms with Crippen LogP contribution in [0.1, 0.15) is 40.7 Å². The van der Waals surface area contributed by atoms with Crippen LogP contribution in [-0.4, -0.2) is 47.4 Å². The molecule has 0 saturated heterocycles. The largest absolute Gasteiger partial charge is 0.491 e. The summed E-state index contributed by atoms with van der Waals surface area (Å²) in [7, 11) is 0. The average Bonchev–Trinajstić information content (AvgIpc) is 3.30. The normalized spacial score (nSPS) is 15.2. The Morgan fingerprint density at radius 3 is 2.59 bits per heavy atom. The highest BCUT2D eigenvalue weighted by Gasteiger charge is 2.34. The fourth-order valence-corrected chi connectivity index (χ4v) is 5.02. The minimum Gasteiger partial charge on any atom is -0.491 e. The highest BCUT2D eigenvalue weighted by molar-refractivity contribution is 7.10. The van der Waals surface area contributed by atoms with Crippen LogP contribution >= 0.6 is 11.3 Å². The summed E-state index contributed by atoms with van der Waals surface area (Å²) in [5.41, 5.74) is 1.23. The third-order valence-corrected chi connectivity index (χ3v) is 6.89. The van der Waals surface area contributed by atoms with Crippen molar-refractivity contribution in [2.24, 2.45) is 0 Å². The van der Waals surface area contributed by atoms with Gasteiger partial charge in [0, 0.05) is 23.0 Å². The molecule has 0 unspecified atom stereocenters. The van der Waals surface area contributed by atoms with E-state index in [-0.39, 0.29) is 42.5 Å². The molecule has 5 nitrogen and oxygen atoms in total. The van der Waals surface area contributed by atoms with Crippen molar-refractivity contribution in [3.8, 4) is 5.75 Å². The predicted octanol–water partition coefficient (Wildman–Crippen LogP) is 5.08. The van der Waals surface area contributed by atoms with E-state index in [9.17, 15) is 18.4 Å². The van der Waals surface area contributed by atoms with Gasteiger partial charge < -0.3 is 14.5 Å². The highest BCUT2D eigenvalue weighted by atomic mass is 32.1. The van der Waals surface area contributed by atoms with Crippen LogP contribution in [0.4, 0.5) is 8.78 Å². The molecule has 1 atom stereocenters. The molecule has 178 valence electrons. The van der Waals surface area contributed by atoms with Crippen LogP contribution in [-0.2, 0) is 11.2 Å². The number of fused-ring (bicyclic) bond motifs is 1. The molecule has 3 aromatic rings. The molecule has 0 fully saturated rings. The standard InChI is InChI=1S/C26H26F2N2O3S/c1-17(2)30(26(32)18-4-3-5-20(28)14-18)15-25(31)29-12-10-24-22(11-13-34-24)23(29)16-33-21-8-6-19(27)7-9-21/h3-9,11,13-14,17,23H,10,12,15-16H2,1-2H3/t23-/m1/s1. The van der Waals surface area contributed by atoms with E-state index in [1.165, 1.54) is 40.1 Å². The lowest BCUT2D eigenvalue weighted by Gasteiger charge is -2.37. The summed E-state index contributed by atoms with van der Waals surface area (Å²) in [5, 5.41) is 2.00. The van der Waals surface area contributed by atoms with Crippen molar-refractivity contribution in [2.45, 2.75) is 32.4 Å². The van der Waals surface area contributed by atoms with Gasteiger partial charge in [0.05, 0.1) is 6.04 Å². The number of carbonyl (C=O) groups is 2. The fourth-order valence-electron chi connectivity index (χ4n) is 4.09. The topological polar surface area (TPSA) is 49.9 Å². The second-order valence-corrected chi connectivity index (χ2v) is 9.45. The minimum atomic E-state index is -0.500. The second kappa shape index (κ2) is 10.3. The van der Waals surface area contributed by atoms with Gasteiger partial charge >= 0.3 is 0 Å². The molecule has 0 aliphatic carbocycles. The molecule has 2 aromatic carbocycles. The lowest BCUT2D eigenvalue weighted by Crippen LogP contribution is -2.49. The number of rotatable bonds is 7. The van der Waals surface area contributed by atoms with E-state index in [4.69, 9.17) is 4.74 Å². The molecule has 1 aliphatic heterocycles. The summed E-state index contributed by atoms with van der Waals surface area (Å²) < 4.78 is 32.8. The zero-order valence-corrected chi connectivity index (χ0v) is 19.9. The van der Waals surface area contributed by atoms with Crippen molar-refractivity contribution in [3.63, 3.8) is 0 Å². The first-order chi connectivity index (χ1) is 16.3. The van der Waals surface area contributed by atoms with Crippen LogP contribution in [0, 0.1) is 11.6 Å². The summed E-state index contributed by atoms with van der Waals surface area (Å²) in [6.07, 6.45) is 0.727. The van der Waals surface area contributed by atoms with Crippen LogP contribution in [0.25, 0.3) is 0 Å². The lowest BCUT2D eigenvalue weighted by atomic mass is 10.00. The predicted molar refractivity (Wildman–Crippen MR) is 127 cm³/mol. The number of amides is 2. The minimum absolute atomic E-state index is 0.125. The highest BCUT2D eigenvalue weighted by Crippen LogP contribution is 2.34. The SMILES string of the molecule is CC(C)N(CC(=O)N1CCc2sccc2[C@H]1COc1ccc(F)cc1)C(=O)c1cccc(F)c1. The quantitative estimate of drug-likeness (QED) is 0.470. The number of hydrogen-bond donors (Lipinski definition) is 0. The van der Waals surface area contributed by atoms with Crippen molar-refractivity contribution >= 4 is 23.2 Å². The van der Waals surface area contributed by atoms with E-state index >= 15 is 0 Å². The molecule has 4 rings (SSSR count). The summed E-state index contributed by atoms with van der Waals surface area (Å²) in [6, 6.07) is 12.7. The fraction of sp³-hybridized carbons (Fsp3) is 0.308. The van der Waals surface area contributed by atoms with Gasteiger partial charge in [-0.2, -0.15) is 0 Å². The Balaban J connectivity index is 1.53. The smallest absolute Gasteiger partial charge is 0.254 e. The van der Waals surface area contributed by atoms with Crippen molar-refractivity contribution in [3.05, 3.63) is 87.6 Å². The molecule has 8 heteroatoms. The number of carbonyl (C=O) groups excluding carboxylic acids is 2. The van der Waals surface area contributed by atoms with Gasteiger partial charge in [-0.3, -0.25) is 9.59 Å². The molecule has 34 heavy (non-hydrogen) atoms. The van der Waals surface area contributed by atoms with Crippen molar-refractivity contribution in [1.29, 1.82) is 0 Å². The molecule has 1 aromatic heterocycles. The summed E-state index contributed by atoms with van der Waals surface area (Å²) in [4.78, 5) is 30.9. The van der Waals surface area contributed by atoms with E-state index in [0.717, 1.165) is 12.0 Å². The molecule has 2 amide bonds. The number of benzene rings is 2. The first-order valence-corrected chi connectivity index (χ1v) is 12.0. The number of nitrogens with zero attached hydrogens (tertiary/aromatic N) is 2. The van der Waals surface area contributed by atoms with Crippen LogP contribution in [0.5, 0.6) is 5.75 Å². The first-order valence-electron chi connectivity index (χ1n) is 11.1. The third-order valence-electron chi connectivity index (χ3n) is 5.90. The summed E-state index contributed by atoms with van der Waals surface area (Å²) in [5.74, 6) is -0.932. The van der Waals surface area contributed by atoms with E-state index in [1.807, 2.05) is 25.3 Å². The molecule has 0 radical (unpaired) electrons. The van der Waals surface area contributed by atoms with Gasteiger partial charge in [-0.05, 0) is 79.7 Å². The van der Waals surface area contributed by atoms with E-state index < -0.39 is 11.7 Å². The Morgan fingerprint density at radius 1 is 1.12 bits per heavy atom. The molecule has 2 heterocycles. The maximum Gasteiger partial charge on any atom is 0.254 e. The van der Waals surface area contributed by atoms with Crippen molar-refractivity contribution in [2.75, 3.05) is 19.7 Å². The van der Waals surface area contributed by atoms with Gasteiger partial charge in [0.1, 0.15) is 30.5 Å². The molecular weight excluding hydrogens is 458 g/mol.